The van der Waals surface area contributed by atoms with E-state index in [1.165, 1.54) is 35.9 Å². The van der Waals surface area contributed by atoms with Crippen molar-refractivity contribution in [2.75, 3.05) is 17.2 Å². The van der Waals surface area contributed by atoms with E-state index in [0.29, 0.717) is 12.0 Å². The van der Waals surface area contributed by atoms with Gasteiger partial charge in [-0.25, -0.2) is 4.98 Å². The second-order valence-electron chi connectivity index (χ2n) is 6.02. The van der Waals surface area contributed by atoms with E-state index >= 15 is 0 Å². The number of aryl methyl sites for hydroxylation is 1. The summed E-state index contributed by atoms with van der Waals surface area (Å²) >= 11 is 1.75. The van der Waals surface area contributed by atoms with Crippen molar-refractivity contribution in [1.82, 2.24) is 9.97 Å². The Morgan fingerprint density at radius 3 is 2.75 bits per heavy atom. The molecule has 0 aromatic carbocycles. The Hall–Kier alpha value is -1.36. The van der Waals surface area contributed by atoms with Gasteiger partial charge in [-0.1, -0.05) is 6.92 Å². The van der Waals surface area contributed by atoms with Gasteiger partial charge in [0.05, 0.1) is 5.39 Å². The van der Waals surface area contributed by atoms with Crippen molar-refractivity contribution >= 4 is 33.3 Å². The first-order valence-corrected chi connectivity index (χ1v) is 8.39. The highest BCUT2D eigenvalue weighted by atomic mass is 32.1. The number of hydrogen-bond donors (Lipinski definition) is 1. The zero-order chi connectivity index (χ0) is 13.7. The number of nitrogens with two attached hydrogens (primary N) is 1. The maximum atomic E-state index is 5.94. The molecule has 2 heterocycles. The molecule has 2 aromatic heterocycles. The lowest BCUT2D eigenvalue weighted by Gasteiger charge is -2.24. The SMILES string of the molecule is CCc1cc2c(N(CC3CC3)C3CC3)nc(N)nc2s1. The maximum Gasteiger partial charge on any atom is 0.223 e. The summed E-state index contributed by atoms with van der Waals surface area (Å²) in [5, 5.41) is 1.20. The van der Waals surface area contributed by atoms with Crippen LogP contribution in [-0.4, -0.2) is 22.6 Å². The molecule has 2 aliphatic rings. The molecule has 20 heavy (non-hydrogen) atoms. The number of fused-ring (bicyclic) bond motifs is 1. The van der Waals surface area contributed by atoms with Crippen molar-refractivity contribution in [1.29, 1.82) is 0 Å². The van der Waals surface area contributed by atoms with Gasteiger partial charge in [-0.15, -0.1) is 11.3 Å². The fourth-order valence-electron chi connectivity index (χ4n) is 2.74. The summed E-state index contributed by atoms with van der Waals surface area (Å²) in [5.74, 6) is 2.36. The molecule has 0 bridgehead atoms. The highest BCUT2D eigenvalue weighted by Crippen LogP contribution is 2.40. The number of rotatable bonds is 5. The molecule has 2 N–H and O–H groups in total. The summed E-state index contributed by atoms with van der Waals surface area (Å²) in [7, 11) is 0. The van der Waals surface area contributed by atoms with Crippen LogP contribution < -0.4 is 10.6 Å². The average Bonchev–Trinajstić information content (AvgIpc) is 3.32. The molecule has 0 saturated heterocycles. The minimum Gasteiger partial charge on any atom is -0.368 e. The first-order chi connectivity index (χ1) is 9.74. The van der Waals surface area contributed by atoms with Crippen molar-refractivity contribution in [3.63, 3.8) is 0 Å². The lowest BCUT2D eigenvalue weighted by atomic mass is 10.2. The van der Waals surface area contributed by atoms with Crippen LogP contribution in [-0.2, 0) is 6.42 Å². The van der Waals surface area contributed by atoms with Crippen LogP contribution in [0, 0.1) is 5.92 Å². The summed E-state index contributed by atoms with van der Waals surface area (Å²) in [4.78, 5) is 13.9. The number of aromatic nitrogens is 2. The number of anilines is 2. The van der Waals surface area contributed by atoms with E-state index in [1.54, 1.807) is 11.3 Å². The number of nitrogen functional groups attached to an aromatic ring is 1. The van der Waals surface area contributed by atoms with Gasteiger partial charge in [-0.05, 0) is 44.1 Å². The maximum absolute atomic E-state index is 5.94. The van der Waals surface area contributed by atoms with Crippen molar-refractivity contribution in [3.05, 3.63) is 10.9 Å². The molecule has 0 unspecified atom stereocenters. The number of thiophene rings is 1. The lowest BCUT2D eigenvalue weighted by Crippen LogP contribution is -2.29. The van der Waals surface area contributed by atoms with Gasteiger partial charge in [-0.3, -0.25) is 0 Å². The topological polar surface area (TPSA) is 55.0 Å². The monoisotopic (exact) mass is 288 g/mol. The fraction of sp³-hybridized carbons (Fsp3) is 0.600. The molecule has 2 aliphatic carbocycles. The lowest BCUT2D eigenvalue weighted by molar-refractivity contribution is 0.712. The van der Waals surface area contributed by atoms with Crippen LogP contribution in [0.15, 0.2) is 6.07 Å². The summed E-state index contributed by atoms with van der Waals surface area (Å²) in [6.07, 6.45) is 6.38. The number of hydrogen-bond acceptors (Lipinski definition) is 5. The van der Waals surface area contributed by atoms with Crippen LogP contribution in [0.2, 0.25) is 0 Å². The van der Waals surface area contributed by atoms with Gasteiger partial charge in [0.2, 0.25) is 5.95 Å². The van der Waals surface area contributed by atoms with Crippen LogP contribution in [0.25, 0.3) is 10.2 Å². The molecule has 4 nitrogen and oxygen atoms in total. The molecule has 0 spiro atoms. The van der Waals surface area contributed by atoms with Gasteiger partial charge in [0, 0.05) is 17.5 Å². The first-order valence-electron chi connectivity index (χ1n) is 7.57. The van der Waals surface area contributed by atoms with Crippen molar-refractivity contribution in [2.45, 2.75) is 45.1 Å². The van der Waals surface area contributed by atoms with Gasteiger partial charge in [0.15, 0.2) is 0 Å². The summed E-state index contributed by atoms with van der Waals surface area (Å²) in [6, 6.07) is 2.94. The van der Waals surface area contributed by atoms with E-state index in [0.717, 1.165) is 29.5 Å². The molecule has 0 radical (unpaired) electrons. The van der Waals surface area contributed by atoms with Gasteiger partial charge < -0.3 is 10.6 Å². The largest absolute Gasteiger partial charge is 0.368 e. The van der Waals surface area contributed by atoms with Gasteiger partial charge in [0.1, 0.15) is 10.6 Å². The molecule has 0 amide bonds. The summed E-state index contributed by atoms with van der Waals surface area (Å²) in [5.41, 5.74) is 5.94. The van der Waals surface area contributed by atoms with Crippen molar-refractivity contribution in [3.8, 4) is 0 Å². The zero-order valence-corrected chi connectivity index (χ0v) is 12.6. The van der Waals surface area contributed by atoms with E-state index in [1.807, 2.05) is 0 Å². The van der Waals surface area contributed by atoms with E-state index in [-0.39, 0.29) is 0 Å². The highest BCUT2D eigenvalue weighted by molar-refractivity contribution is 7.18. The normalized spacial score (nSPS) is 18.6. The Labute approximate surface area is 123 Å². The summed E-state index contributed by atoms with van der Waals surface area (Å²) < 4.78 is 0. The third-order valence-electron chi connectivity index (χ3n) is 4.20. The first kappa shape index (κ1) is 12.4. The third kappa shape index (κ3) is 2.24. The third-order valence-corrected chi connectivity index (χ3v) is 5.37. The molecule has 106 valence electrons. The van der Waals surface area contributed by atoms with Crippen LogP contribution in [0.3, 0.4) is 0 Å². The van der Waals surface area contributed by atoms with E-state index in [4.69, 9.17) is 5.73 Å². The Balaban J connectivity index is 1.80. The quantitative estimate of drug-likeness (QED) is 0.918. The highest BCUT2D eigenvalue weighted by Gasteiger charge is 2.35. The standard InChI is InChI=1S/C15H20N4S/c1-2-11-7-12-13(17-15(16)18-14(12)20-11)19(10-5-6-10)8-9-3-4-9/h7,9-10H,2-6,8H2,1H3,(H2,16,17,18). The number of nitrogens with zero attached hydrogens (tertiary/aromatic N) is 3. The van der Waals surface area contributed by atoms with Crippen molar-refractivity contribution < 1.29 is 0 Å². The molecule has 2 aromatic rings. The predicted molar refractivity (Wildman–Crippen MR) is 84.3 cm³/mol. The molecular formula is C15H20N4S. The Morgan fingerprint density at radius 2 is 2.10 bits per heavy atom. The molecule has 2 saturated carbocycles. The van der Waals surface area contributed by atoms with Crippen LogP contribution in [0.4, 0.5) is 11.8 Å². The zero-order valence-electron chi connectivity index (χ0n) is 11.8. The second kappa shape index (κ2) is 4.58. The smallest absolute Gasteiger partial charge is 0.223 e. The Kier molecular flexibility index (Phi) is 2.84. The minimum atomic E-state index is 0.415. The average molecular weight is 288 g/mol. The van der Waals surface area contributed by atoms with E-state index < -0.39 is 0 Å². The van der Waals surface area contributed by atoms with Gasteiger partial charge in [-0.2, -0.15) is 4.98 Å². The van der Waals surface area contributed by atoms with Crippen LogP contribution in [0.1, 0.15) is 37.5 Å². The molecule has 4 rings (SSSR count). The summed E-state index contributed by atoms with van der Waals surface area (Å²) in [6.45, 7) is 3.33. The van der Waals surface area contributed by atoms with Gasteiger partial charge in [0.25, 0.3) is 0 Å². The van der Waals surface area contributed by atoms with Crippen molar-refractivity contribution in [2.24, 2.45) is 5.92 Å². The van der Waals surface area contributed by atoms with Crippen LogP contribution >= 0.6 is 11.3 Å². The molecule has 2 fully saturated rings. The van der Waals surface area contributed by atoms with E-state index in [2.05, 4.69) is 27.9 Å². The van der Waals surface area contributed by atoms with Gasteiger partial charge >= 0.3 is 0 Å². The predicted octanol–water partition coefficient (Wildman–Crippen LogP) is 3.21. The van der Waals surface area contributed by atoms with Crippen LogP contribution in [0.5, 0.6) is 0 Å². The van der Waals surface area contributed by atoms with E-state index in [9.17, 15) is 0 Å². The molecule has 0 aliphatic heterocycles. The molecule has 0 atom stereocenters. The Morgan fingerprint density at radius 1 is 1.30 bits per heavy atom. The second-order valence-corrected chi connectivity index (χ2v) is 7.13. The fourth-order valence-corrected chi connectivity index (χ4v) is 3.71. The molecular weight excluding hydrogens is 268 g/mol. The Bertz CT molecular complexity index is 643. The minimum absolute atomic E-state index is 0.415. The molecule has 5 heteroatoms.